The third-order valence-corrected chi connectivity index (χ3v) is 18.1. The van der Waals surface area contributed by atoms with Gasteiger partial charge in [0.05, 0.1) is 36.8 Å². The van der Waals surface area contributed by atoms with Crippen LogP contribution in [0.15, 0.2) is 144 Å². The van der Waals surface area contributed by atoms with Gasteiger partial charge in [0.2, 0.25) is 23.7 Å². The van der Waals surface area contributed by atoms with E-state index in [4.69, 9.17) is 29.9 Å². The van der Waals surface area contributed by atoms with Crippen LogP contribution in [-0.2, 0) is 9.59 Å². The number of imidazole rings is 2. The number of rotatable bonds is 22. The first kappa shape index (κ1) is 59.5. The molecule has 6 heterocycles. The molecule has 0 radical (unpaired) electrons. The summed E-state index contributed by atoms with van der Waals surface area (Å²) in [6.07, 6.45) is -0.908. The Morgan fingerprint density at radius 1 is 0.500 bits per heavy atom. The number of carbonyl (C=O) groups is 2. The molecule has 0 unspecified atom stereocenters. The summed E-state index contributed by atoms with van der Waals surface area (Å²) in [5.74, 6) is -0.0325. The van der Waals surface area contributed by atoms with Crippen LogP contribution in [0.5, 0.6) is 0 Å². The van der Waals surface area contributed by atoms with Crippen LogP contribution < -0.4 is 52.6 Å². The van der Waals surface area contributed by atoms with Gasteiger partial charge in [-0.25, -0.2) is 9.97 Å². The second-order valence-corrected chi connectivity index (χ2v) is 23.7. The van der Waals surface area contributed by atoms with Gasteiger partial charge in [-0.2, -0.15) is 19.9 Å². The highest BCUT2D eigenvalue weighted by molar-refractivity contribution is 5.86. The largest absolute Gasteiger partial charge is 0.388 e. The zero-order valence-corrected chi connectivity index (χ0v) is 48.9. The van der Waals surface area contributed by atoms with Crippen LogP contribution in [0.1, 0.15) is 71.9 Å². The number of hydrogen-bond acceptors (Lipinski definition) is 22. The fraction of sp³-hybridized carbons (Fsp3) is 0.375. The molecule has 466 valence electrons. The molecule has 90 heavy (non-hydrogen) atoms. The van der Waals surface area contributed by atoms with Crippen molar-refractivity contribution >= 4 is 69.0 Å². The molecule has 2 saturated carbocycles. The average molecular weight is 1220 g/mol. The minimum atomic E-state index is -1.34. The van der Waals surface area contributed by atoms with Gasteiger partial charge in [0.25, 0.3) is 10.9 Å². The van der Waals surface area contributed by atoms with Gasteiger partial charge in [-0.1, -0.05) is 121 Å². The van der Waals surface area contributed by atoms with E-state index in [0.717, 1.165) is 22.3 Å². The van der Waals surface area contributed by atoms with Gasteiger partial charge in [0.15, 0.2) is 34.0 Å². The highest BCUT2D eigenvalue weighted by Gasteiger charge is 2.46. The van der Waals surface area contributed by atoms with Crippen molar-refractivity contribution in [2.45, 2.75) is 98.2 Å². The van der Waals surface area contributed by atoms with Gasteiger partial charge in [-0.3, -0.25) is 19.2 Å². The Hall–Kier alpha value is -9.44. The Bertz CT molecular complexity index is 3740. The summed E-state index contributed by atoms with van der Waals surface area (Å²) < 4.78 is 3.37. The molecule has 9 aromatic rings. The van der Waals surface area contributed by atoms with Crippen LogP contribution in [-0.4, -0.2) is 183 Å². The van der Waals surface area contributed by atoms with Crippen molar-refractivity contribution in [2.24, 2.45) is 0 Å². The van der Waals surface area contributed by atoms with E-state index < -0.39 is 84.5 Å². The molecule has 0 bridgehead atoms. The maximum absolute atomic E-state index is 13.5. The number of aliphatic hydroxyl groups excluding tert-OH is 6. The molecule has 4 aromatic heterocycles. The van der Waals surface area contributed by atoms with E-state index in [0.29, 0.717) is 98.0 Å². The third kappa shape index (κ3) is 11.7. The Morgan fingerprint density at radius 3 is 1.20 bits per heavy atom. The second kappa shape index (κ2) is 25.6. The first-order valence-corrected chi connectivity index (χ1v) is 30.4. The fourth-order valence-electron chi connectivity index (χ4n) is 13.4. The molecule has 2 amide bonds. The van der Waals surface area contributed by atoms with Gasteiger partial charge in [-0.05, 0) is 47.9 Å². The van der Waals surface area contributed by atoms with E-state index in [-0.39, 0.29) is 48.1 Å². The molecule has 5 aromatic carbocycles. The Kier molecular flexibility index (Phi) is 16.9. The molecule has 13 rings (SSSR count). The normalized spacial score (nSPS) is 23.4. The summed E-state index contributed by atoms with van der Waals surface area (Å²) in [5.41, 5.74) is 4.96. The lowest BCUT2D eigenvalue weighted by atomic mass is 9.91. The number of nitrogens with zero attached hydrogens (tertiary/aromatic N) is 10. The van der Waals surface area contributed by atoms with Crippen LogP contribution in [0.3, 0.4) is 0 Å². The van der Waals surface area contributed by atoms with Crippen molar-refractivity contribution < 1.29 is 40.2 Å². The van der Waals surface area contributed by atoms with Gasteiger partial charge in [0, 0.05) is 63.2 Å². The summed E-state index contributed by atoms with van der Waals surface area (Å²) in [5, 5.41) is 83.0. The van der Waals surface area contributed by atoms with E-state index in [2.05, 4.69) is 80.4 Å². The smallest absolute Gasteiger partial charge is 0.253 e. The molecular weight excluding hydrogens is 1150 g/mol. The predicted octanol–water partition coefficient (Wildman–Crippen LogP) is 1.72. The number of carbonyl (C=O) groups excluding carboxylic acids is 2. The van der Waals surface area contributed by atoms with Crippen molar-refractivity contribution in [3.63, 3.8) is 0 Å². The topological polar surface area (TPSA) is 356 Å². The highest BCUT2D eigenvalue weighted by atomic mass is 16.3. The number of amides is 2. The molecule has 26 heteroatoms. The van der Waals surface area contributed by atoms with E-state index in [1.54, 1.807) is 9.13 Å². The van der Waals surface area contributed by atoms with Crippen molar-refractivity contribution in [2.75, 3.05) is 83.5 Å². The molecule has 10 atom stereocenters. The van der Waals surface area contributed by atoms with Crippen molar-refractivity contribution in [3.05, 3.63) is 177 Å². The van der Waals surface area contributed by atoms with Crippen LogP contribution in [0.4, 0.5) is 34.9 Å². The minimum absolute atomic E-state index is 0.0927. The lowest BCUT2D eigenvalue weighted by molar-refractivity contribution is -0.126. The summed E-state index contributed by atoms with van der Waals surface area (Å²) in [7, 11) is 0. The molecule has 2 aliphatic carbocycles. The number of benzene rings is 4. The first-order chi connectivity index (χ1) is 43.8. The Labute approximate surface area is 515 Å². The highest BCUT2D eigenvalue weighted by Crippen LogP contribution is 2.39. The molecule has 4 aliphatic rings. The predicted molar refractivity (Wildman–Crippen MR) is 336 cm³/mol. The SMILES string of the molecule is O=C(CO)N[C@H]1C[C@@H](n2cnc3c(NCC(c4ccccc4)c4ccccc4)nc(N4CC[C@@H](Nc5c(N[C@@H]6CCN(c7nc(NCC(c8ccccc8)c8ccccc8)c8ncn([C@@H]9C[C@H](NC(=O)CO)[C@@H](O)[C@H]9O)c8n7)C6)c(=O)c5=O)C4)nc32)[C@H](O)[C@@H]1O. The van der Waals surface area contributed by atoms with Gasteiger partial charge in [0.1, 0.15) is 49.0 Å². The standard InChI is InChI=1S/C64H70N16O10/c81-31-47(83)71-43-25-45(55(87)53(43)85)79-33-67-51-59(65-27-41(35-13-5-1-6-14-35)36-15-7-2-8-16-36)73-63(75-61(51)79)77-23-21-39(29-77)69-49-50(58(90)57(49)89)70-40-22-24-78(30-40)64-74-60(66-28-42(37-17-9-3-10-18-37)38-19-11-4-12-20-38)52-62(76-64)80(34-68-52)46-26-44(54(86)56(46)88)72-48(84)32-82/h1-20,33-34,39-46,53-56,69-70,81-82,85-88H,21-32H2,(H,71,83)(H,72,84)(H,65,73,75)(H,66,74,76)/t39-,40-,43+,44+,45-,46-,53-,54-,55+,56+/m1/s1. The lowest BCUT2D eigenvalue weighted by Crippen LogP contribution is -2.44. The van der Waals surface area contributed by atoms with E-state index in [9.17, 15) is 49.8 Å². The van der Waals surface area contributed by atoms with Crippen molar-refractivity contribution in [3.8, 4) is 0 Å². The first-order valence-electron chi connectivity index (χ1n) is 30.4. The lowest BCUT2D eigenvalue weighted by Gasteiger charge is -2.24. The van der Waals surface area contributed by atoms with E-state index >= 15 is 0 Å². The summed E-state index contributed by atoms with van der Waals surface area (Å²) in [6.45, 7) is 0.877. The number of aliphatic hydroxyl groups is 6. The maximum Gasteiger partial charge on any atom is 0.253 e. The summed E-state index contributed by atoms with van der Waals surface area (Å²) in [4.78, 5) is 85.2. The van der Waals surface area contributed by atoms with Crippen LogP contribution in [0.2, 0.25) is 0 Å². The average Bonchev–Trinajstić information content (AvgIpc) is 1.70. The maximum atomic E-state index is 13.5. The number of aromatic nitrogens is 8. The Morgan fingerprint density at radius 2 is 0.856 bits per heavy atom. The summed E-state index contributed by atoms with van der Waals surface area (Å²) >= 11 is 0. The molecule has 0 spiro atoms. The molecule has 26 nitrogen and oxygen atoms in total. The van der Waals surface area contributed by atoms with E-state index in [1.807, 2.05) is 82.6 Å². The quantitative estimate of drug-likeness (QED) is 0.0430. The second-order valence-electron chi connectivity index (χ2n) is 23.7. The molecule has 4 fully saturated rings. The van der Waals surface area contributed by atoms with Crippen molar-refractivity contribution in [1.29, 1.82) is 0 Å². The number of fused-ring (bicyclic) bond motifs is 2. The monoisotopic (exact) mass is 1220 g/mol. The number of anilines is 6. The molecule has 2 saturated heterocycles. The van der Waals surface area contributed by atoms with Crippen LogP contribution in [0.25, 0.3) is 22.3 Å². The van der Waals surface area contributed by atoms with Gasteiger partial charge >= 0.3 is 0 Å². The van der Waals surface area contributed by atoms with Gasteiger partial charge < -0.3 is 81.5 Å². The molecular formula is C64H70N16O10. The van der Waals surface area contributed by atoms with E-state index in [1.165, 1.54) is 12.7 Å². The number of hydrogen-bond donors (Lipinski definition) is 12. The van der Waals surface area contributed by atoms with Crippen LogP contribution >= 0.6 is 0 Å². The summed E-state index contributed by atoms with van der Waals surface area (Å²) in [6, 6.07) is 36.5. The van der Waals surface area contributed by atoms with Gasteiger partial charge in [-0.15, -0.1) is 0 Å². The molecule has 12 N–H and O–H groups in total. The fourth-order valence-corrected chi connectivity index (χ4v) is 13.4. The molecule has 2 aliphatic heterocycles. The minimum Gasteiger partial charge on any atom is -0.388 e. The zero-order chi connectivity index (χ0) is 62.2. The van der Waals surface area contributed by atoms with Crippen LogP contribution in [0, 0.1) is 0 Å². The third-order valence-electron chi connectivity index (χ3n) is 18.1. The number of nitrogens with one attached hydrogen (secondary N) is 6. The zero-order valence-electron chi connectivity index (χ0n) is 48.9. The van der Waals surface area contributed by atoms with Crippen molar-refractivity contribution in [1.82, 2.24) is 49.7 Å². The Balaban J connectivity index is 0.744.